The first-order valence-electron chi connectivity index (χ1n) is 14.7. The fraction of sp³-hybridized carbons (Fsp3) is 0.333. The lowest BCUT2D eigenvalue weighted by molar-refractivity contribution is 0.304. The second kappa shape index (κ2) is 15.2. The van der Waals surface area contributed by atoms with Crippen LogP contribution in [0, 0.1) is 11.6 Å². The van der Waals surface area contributed by atoms with Crippen LogP contribution in [-0.2, 0) is 0 Å². The van der Waals surface area contributed by atoms with Gasteiger partial charge in [-0.25, -0.2) is 8.78 Å². The van der Waals surface area contributed by atoms with Gasteiger partial charge in [-0.15, -0.1) is 0 Å². The van der Waals surface area contributed by atoms with Crippen molar-refractivity contribution in [1.29, 1.82) is 0 Å². The molecule has 4 aromatic rings. The minimum atomic E-state index is -0.847. The Hall–Kier alpha value is -3.66. The molecule has 40 heavy (non-hydrogen) atoms. The lowest BCUT2D eigenvalue weighted by atomic mass is 9.97. The minimum Gasteiger partial charge on any atom is -0.494 e. The third-order valence-corrected chi connectivity index (χ3v) is 7.21. The third-order valence-electron chi connectivity index (χ3n) is 7.21. The van der Waals surface area contributed by atoms with Crippen LogP contribution in [0.4, 0.5) is 8.78 Å². The van der Waals surface area contributed by atoms with Crippen LogP contribution in [0.1, 0.15) is 65.2 Å². The van der Waals surface area contributed by atoms with Crippen molar-refractivity contribution < 1.29 is 18.3 Å². The molecule has 0 aliphatic heterocycles. The van der Waals surface area contributed by atoms with Crippen molar-refractivity contribution >= 4 is 0 Å². The predicted molar refractivity (Wildman–Crippen MR) is 162 cm³/mol. The maximum atomic E-state index is 15.2. The summed E-state index contributed by atoms with van der Waals surface area (Å²) in [4.78, 5) is 0. The van der Waals surface area contributed by atoms with E-state index < -0.39 is 11.6 Å². The van der Waals surface area contributed by atoms with Crippen molar-refractivity contribution in [3.05, 3.63) is 96.6 Å². The highest BCUT2D eigenvalue weighted by atomic mass is 19.2. The number of unbranched alkanes of at least 4 members (excludes halogenated alkanes) is 7. The molecule has 0 aromatic heterocycles. The van der Waals surface area contributed by atoms with E-state index in [1.165, 1.54) is 44.9 Å². The molecule has 0 amide bonds. The van der Waals surface area contributed by atoms with Crippen molar-refractivity contribution in [2.75, 3.05) is 13.2 Å². The minimum absolute atomic E-state index is 0.238. The number of halogens is 2. The summed E-state index contributed by atoms with van der Waals surface area (Å²) in [6, 6.07) is 25.8. The monoisotopic (exact) mass is 542 g/mol. The number of hydrogen-bond donors (Lipinski definition) is 0. The molecule has 2 nitrogen and oxygen atoms in total. The first-order valence-corrected chi connectivity index (χ1v) is 14.7. The Bertz CT molecular complexity index is 1310. The highest BCUT2D eigenvalue weighted by Crippen LogP contribution is 2.33. The topological polar surface area (TPSA) is 18.5 Å². The molecule has 4 heteroatoms. The van der Waals surface area contributed by atoms with Crippen LogP contribution >= 0.6 is 0 Å². The van der Waals surface area contributed by atoms with Gasteiger partial charge in [0.05, 0.1) is 13.2 Å². The maximum absolute atomic E-state index is 15.2. The molecule has 0 saturated carbocycles. The molecule has 0 bridgehead atoms. The van der Waals surface area contributed by atoms with Gasteiger partial charge in [-0.2, -0.15) is 0 Å². The Morgan fingerprint density at radius 3 is 1.35 bits per heavy atom. The van der Waals surface area contributed by atoms with Gasteiger partial charge in [0.15, 0.2) is 11.6 Å². The Kier molecular flexibility index (Phi) is 11.2. The Morgan fingerprint density at radius 2 is 0.850 bits per heavy atom. The predicted octanol–water partition coefficient (Wildman–Crippen LogP) is 10.9. The molecule has 0 spiro atoms. The summed E-state index contributed by atoms with van der Waals surface area (Å²) in [5, 5.41) is 0. The molecule has 0 unspecified atom stereocenters. The van der Waals surface area contributed by atoms with Crippen molar-refractivity contribution in [1.82, 2.24) is 0 Å². The molecule has 0 N–H and O–H groups in total. The van der Waals surface area contributed by atoms with Gasteiger partial charge in [0.2, 0.25) is 0 Å². The zero-order valence-corrected chi connectivity index (χ0v) is 23.7. The van der Waals surface area contributed by atoms with E-state index in [-0.39, 0.29) is 11.1 Å². The summed E-state index contributed by atoms with van der Waals surface area (Å²) < 4.78 is 41.7. The zero-order chi connectivity index (χ0) is 28.2. The number of ether oxygens (including phenoxy) is 2. The second-order valence-corrected chi connectivity index (χ2v) is 10.2. The van der Waals surface area contributed by atoms with Crippen LogP contribution in [0.25, 0.3) is 33.4 Å². The van der Waals surface area contributed by atoms with Gasteiger partial charge in [-0.05, 0) is 59.9 Å². The molecule has 0 radical (unpaired) electrons. The van der Waals surface area contributed by atoms with E-state index in [0.717, 1.165) is 29.0 Å². The Morgan fingerprint density at radius 1 is 0.450 bits per heavy atom. The summed E-state index contributed by atoms with van der Waals surface area (Å²) in [5.74, 6) is -0.125. The molecule has 4 rings (SSSR count). The lowest BCUT2D eigenvalue weighted by Crippen LogP contribution is -1.98. The molecule has 0 saturated heterocycles. The second-order valence-electron chi connectivity index (χ2n) is 10.2. The molecule has 4 aromatic carbocycles. The smallest absolute Gasteiger partial charge is 0.167 e. The van der Waals surface area contributed by atoms with Crippen LogP contribution in [0.2, 0.25) is 0 Å². The van der Waals surface area contributed by atoms with Gasteiger partial charge in [-0.1, -0.05) is 113 Å². The summed E-state index contributed by atoms with van der Waals surface area (Å²) in [6.07, 6.45) is 10.0. The molecule has 0 fully saturated rings. The maximum Gasteiger partial charge on any atom is 0.167 e. The average Bonchev–Trinajstić information content (AvgIpc) is 2.99. The molecule has 210 valence electrons. The van der Waals surface area contributed by atoms with Crippen LogP contribution in [-0.4, -0.2) is 13.2 Å². The van der Waals surface area contributed by atoms with Gasteiger partial charge >= 0.3 is 0 Å². The van der Waals surface area contributed by atoms with E-state index in [2.05, 4.69) is 6.92 Å². The van der Waals surface area contributed by atoms with E-state index >= 15 is 8.78 Å². The van der Waals surface area contributed by atoms with Gasteiger partial charge in [-0.3, -0.25) is 0 Å². The molecule has 0 atom stereocenters. The molecular formula is C36H40F2O2. The fourth-order valence-corrected chi connectivity index (χ4v) is 4.90. The molecular weight excluding hydrogens is 502 g/mol. The van der Waals surface area contributed by atoms with Crippen molar-refractivity contribution in [3.63, 3.8) is 0 Å². The number of rotatable bonds is 15. The van der Waals surface area contributed by atoms with E-state index in [9.17, 15) is 0 Å². The lowest BCUT2D eigenvalue weighted by Gasteiger charge is -2.11. The normalized spacial score (nSPS) is 11.0. The van der Waals surface area contributed by atoms with Crippen molar-refractivity contribution in [2.45, 2.75) is 65.2 Å². The average molecular weight is 543 g/mol. The SMILES string of the molecule is CCCCCCCCCCOc1ccc(-c2ccc(-c3ccc(-c4ccc(OCC)cc4)cc3)c(F)c2F)cc1. The van der Waals surface area contributed by atoms with E-state index in [1.54, 1.807) is 24.3 Å². The fourth-order valence-electron chi connectivity index (χ4n) is 4.90. The Balaban J connectivity index is 1.34. The zero-order valence-electron chi connectivity index (χ0n) is 23.7. The van der Waals surface area contributed by atoms with E-state index in [0.29, 0.717) is 24.3 Å². The van der Waals surface area contributed by atoms with Gasteiger partial charge < -0.3 is 9.47 Å². The van der Waals surface area contributed by atoms with Crippen LogP contribution < -0.4 is 9.47 Å². The molecule has 0 heterocycles. The largest absolute Gasteiger partial charge is 0.494 e. The highest BCUT2D eigenvalue weighted by Gasteiger charge is 2.16. The van der Waals surface area contributed by atoms with Crippen LogP contribution in [0.3, 0.4) is 0 Å². The summed E-state index contributed by atoms with van der Waals surface area (Å²) >= 11 is 0. The number of hydrogen-bond acceptors (Lipinski definition) is 2. The summed E-state index contributed by atoms with van der Waals surface area (Å²) in [6.45, 7) is 5.48. The standard InChI is InChI=1S/C36H40F2O2/c1-3-5-6-7-8-9-10-11-26-40-32-22-18-30(19-23-32)34-25-24-33(35(37)36(34)38)29-14-12-27(13-15-29)28-16-20-31(21-17-28)39-4-2/h12-25H,3-11,26H2,1-2H3. The number of benzene rings is 4. The van der Waals surface area contributed by atoms with E-state index in [1.807, 2.05) is 67.6 Å². The van der Waals surface area contributed by atoms with Crippen molar-refractivity contribution in [2.24, 2.45) is 0 Å². The Labute approximate surface area is 238 Å². The quantitative estimate of drug-likeness (QED) is 0.139. The van der Waals surface area contributed by atoms with Crippen LogP contribution in [0.5, 0.6) is 11.5 Å². The first-order chi connectivity index (χ1) is 19.6. The van der Waals surface area contributed by atoms with Crippen molar-refractivity contribution in [3.8, 4) is 44.9 Å². The first kappa shape index (κ1) is 29.3. The third kappa shape index (κ3) is 7.94. The molecule has 0 aliphatic rings. The van der Waals surface area contributed by atoms with Gasteiger partial charge in [0.1, 0.15) is 11.5 Å². The van der Waals surface area contributed by atoms with E-state index in [4.69, 9.17) is 9.47 Å². The highest BCUT2D eigenvalue weighted by molar-refractivity contribution is 5.74. The summed E-state index contributed by atoms with van der Waals surface area (Å²) in [5.41, 5.74) is 3.75. The van der Waals surface area contributed by atoms with Gasteiger partial charge in [0, 0.05) is 11.1 Å². The summed E-state index contributed by atoms with van der Waals surface area (Å²) in [7, 11) is 0. The van der Waals surface area contributed by atoms with Crippen LogP contribution in [0.15, 0.2) is 84.9 Å². The molecule has 0 aliphatic carbocycles. The van der Waals surface area contributed by atoms with Gasteiger partial charge in [0.25, 0.3) is 0 Å².